The standard InChI is InChI=1S/C19H16N2O3S2/c1-25-15-8-4-12(5-9-15)10-16-18(24)21-19(26-16)20-14-6-2-13(3-7-14)11-17(22)23/h2-10H,11H2,1H3,(H,22,23)(H,20,21,24)/b16-10+. The molecule has 7 heteroatoms. The third-order valence-electron chi connectivity index (χ3n) is 3.59. The van der Waals surface area contributed by atoms with Gasteiger partial charge in [0.25, 0.3) is 5.91 Å². The summed E-state index contributed by atoms with van der Waals surface area (Å²) in [6.45, 7) is 0. The number of amides is 1. The Morgan fingerprint density at radius 3 is 2.50 bits per heavy atom. The summed E-state index contributed by atoms with van der Waals surface area (Å²) >= 11 is 2.95. The molecular formula is C19H16N2O3S2. The Balaban J connectivity index is 1.72. The highest BCUT2D eigenvalue weighted by Gasteiger charge is 2.23. The highest BCUT2D eigenvalue weighted by molar-refractivity contribution is 8.18. The maximum absolute atomic E-state index is 12.1. The van der Waals surface area contributed by atoms with Crippen molar-refractivity contribution in [2.24, 2.45) is 4.99 Å². The van der Waals surface area contributed by atoms with E-state index in [1.807, 2.05) is 36.6 Å². The van der Waals surface area contributed by atoms with Crippen LogP contribution >= 0.6 is 23.5 Å². The van der Waals surface area contributed by atoms with E-state index >= 15 is 0 Å². The molecule has 0 radical (unpaired) electrons. The summed E-state index contributed by atoms with van der Waals surface area (Å²) in [5.74, 6) is -1.05. The Bertz CT molecular complexity index is 888. The number of carbonyl (C=O) groups is 2. The van der Waals surface area contributed by atoms with E-state index in [4.69, 9.17) is 5.11 Å². The van der Waals surface area contributed by atoms with Gasteiger partial charge >= 0.3 is 5.97 Å². The molecule has 1 saturated heterocycles. The van der Waals surface area contributed by atoms with E-state index in [-0.39, 0.29) is 12.3 Å². The molecule has 1 fully saturated rings. The smallest absolute Gasteiger partial charge is 0.307 e. The van der Waals surface area contributed by atoms with Gasteiger partial charge < -0.3 is 10.4 Å². The van der Waals surface area contributed by atoms with Gasteiger partial charge in [0.05, 0.1) is 17.0 Å². The number of aliphatic imine (C=N–C) groups is 1. The SMILES string of the molecule is CSc1ccc(/C=C2/SC(=Nc3ccc(CC(=O)O)cc3)NC2=O)cc1. The second-order valence-corrected chi connectivity index (χ2v) is 7.40. The summed E-state index contributed by atoms with van der Waals surface area (Å²) in [4.78, 5) is 29.0. The minimum atomic E-state index is -0.872. The zero-order valence-corrected chi connectivity index (χ0v) is 15.6. The van der Waals surface area contributed by atoms with Crippen LogP contribution in [0.5, 0.6) is 0 Å². The van der Waals surface area contributed by atoms with Crippen molar-refractivity contribution < 1.29 is 14.7 Å². The van der Waals surface area contributed by atoms with Crippen LogP contribution in [0.3, 0.4) is 0 Å². The first-order chi connectivity index (χ1) is 12.5. The molecule has 0 atom stereocenters. The Hall–Kier alpha value is -2.51. The molecule has 0 unspecified atom stereocenters. The number of carboxylic acid groups (broad SMARTS) is 1. The lowest BCUT2D eigenvalue weighted by Crippen LogP contribution is -2.19. The van der Waals surface area contributed by atoms with Crippen LogP contribution in [0.2, 0.25) is 0 Å². The number of nitrogens with one attached hydrogen (secondary N) is 1. The van der Waals surface area contributed by atoms with Crippen LogP contribution in [0.1, 0.15) is 11.1 Å². The zero-order valence-electron chi connectivity index (χ0n) is 13.9. The summed E-state index contributed by atoms with van der Waals surface area (Å²) in [7, 11) is 0. The van der Waals surface area contributed by atoms with E-state index in [2.05, 4.69) is 10.3 Å². The molecule has 0 bridgehead atoms. The van der Waals surface area contributed by atoms with Gasteiger partial charge in [-0.2, -0.15) is 0 Å². The first-order valence-electron chi connectivity index (χ1n) is 7.78. The van der Waals surface area contributed by atoms with E-state index < -0.39 is 5.97 Å². The lowest BCUT2D eigenvalue weighted by Gasteiger charge is -1.99. The van der Waals surface area contributed by atoms with E-state index in [0.29, 0.717) is 21.3 Å². The summed E-state index contributed by atoms with van der Waals surface area (Å²) in [6.07, 6.45) is 3.83. The number of rotatable bonds is 5. The van der Waals surface area contributed by atoms with Crippen LogP contribution in [-0.2, 0) is 16.0 Å². The molecule has 2 N–H and O–H groups in total. The molecule has 0 aliphatic carbocycles. The topological polar surface area (TPSA) is 78.8 Å². The number of hydrogen-bond donors (Lipinski definition) is 2. The van der Waals surface area contributed by atoms with Crippen molar-refractivity contribution in [2.45, 2.75) is 11.3 Å². The van der Waals surface area contributed by atoms with Gasteiger partial charge in [-0.25, -0.2) is 4.99 Å². The molecule has 132 valence electrons. The number of hydrogen-bond acceptors (Lipinski definition) is 5. The maximum Gasteiger partial charge on any atom is 0.307 e. The molecule has 0 aromatic heterocycles. The fourth-order valence-corrected chi connectivity index (χ4v) is 3.56. The molecule has 0 spiro atoms. The average Bonchev–Trinajstić information content (AvgIpc) is 2.96. The van der Waals surface area contributed by atoms with Gasteiger partial charge in [0, 0.05) is 4.90 Å². The molecule has 0 saturated carbocycles. The molecule has 2 aromatic carbocycles. The number of aliphatic carboxylic acids is 1. The normalized spacial score (nSPS) is 16.9. The van der Waals surface area contributed by atoms with Gasteiger partial charge in [-0.1, -0.05) is 24.3 Å². The predicted octanol–water partition coefficient (Wildman–Crippen LogP) is 3.93. The highest BCUT2D eigenvalue weighted by Crippen LogP contribution is 2.28. The number of benzene rings is 2. The summed E-state index contributed by atoms with van der Waals surface area (Å²) in [5.41, 5.74) is 2.33. The quantitative estimate of drug-likeness (QED) is 0.603. The number of thioether (sulfide) groups is 2. The molecule has 1 aliphatic heterocycles. The van der Waals surface area contributed by atoms with Crippen molar-refractivity contribution in [1.29, 1.82) is 0 Å². The largest absolute Gasteiger partial charge is 0.481 e. The molecule has 5 nitrogen and oxygen atoms in total. The van der Waals surface area contributed by atoms with Crippen molar-refractivity contribution in [3.63, 3.8) is 0 Å². The molecule has 1 amide bonds. The second-order valence-electron chi connectivity index (χ2n) is 5.49. The van der Waals surface area contributed by atoms with Crippen LogP contribution in [0.4, 0.5) is 5.69 Å². The van der Waals surface area contributed by atoms with E-state index in [1.54, 1.807) is 36.0 Å². The third-order valence-corrected chi connectivity index (χ3v) is 5.24. The van der Waals surface area contributed by atoms with E-state index in [9.17, 15) is 9.59 Å². The lowest BCUT2D eigenvalue weighted by molar-refractivity contribution is -0.136. The molecule has 26 heavy (non-hydrogen) atoms. The molecule has 1 heterocycles. The number of carboxylic acids is 1. The Morgan fingerprint density at radius 1 is 1.19 bits per heavy atom. The van der Waals surface area contributed by atoms with Crippen LogP contribution in [0, 0.1) is 0 Å². The Labute approximate surface area is 159 Å². The van der Waals surface area contributed by atoms with Crippen LogP contribution in [0.15, 0.2) is 63.3 Å². The van der Waals surface area contributed by atoms with Crippen LogP contribution in [-0.4, -0.2) is 28.4 Å². The summed E-state index contributed by atoms with van der Waals surface area (Å²) < 4.78 is 0. The molecule has 3 rings (SSSR count). The van der Waals surface area contributed by atoms with Gasteiger partial charge in [0.2, 0.25) is 0 Å². The predicted molar refractivity (Wildman–Crippen MR) is 107 cm³/mol. The minimum Gasteiger partial charge on any atom is -0.481 e. The average molecular weight is 384 g/mol. The van der Waals surface area contributed by atoms with Gasteiger partial charge in [-0.05, 0) is 59.5 Å². The van der Waals surface area contributed by atoms with Crippen molar-refractivity contribution >= 4 is 52.3 Å². The lowest BCUT2D eigenvalue weighted by atomic mass is 10.1. The van der Waals surface area contributed by atoms with Gasteiger partial charge in [0.15, 0.2) is 5.17 Å². The van der Waals surface area contributed by atoms with Crippen molar-refractivity contribution in [1.82, 2.24) is 5.32 Å². The van der Waals surface area contributed by atoms with Crippen LogP contribution < -0.4 is 5.32 Å². The second kappa shape index (κ2) is 8.25. The van der Waals surface area contributed by atoms with E-state index in [0.717, 1.165) is 5.56 Å². The number of nitrogens with zero attached hydrogens (tertiary/aromatic N) is 1. The number of amidine groups is 1. The Morgan fingerprint density at radius 2 is 1.88 bits per heavy atom. The van der Waals surface area contributed by atoms with Gasteiger partial charge in [-0.15, -0.1) is 11.8 Å². The monoisotopic (exact) mass is 384 g/mol. The zero-order chi connectivity index (χ0) is 18.5. The maximum atomic E-state index is 12.1. The van der Waals surface area contributed by atoms with Gasteiger partial charge in [0.1, 0.15) is 0 Å². The number of carbonyl (C=O) groups excluding carboxylic acids is 1. The van der Waals surface area contributed by atoms with Crippen LogP contribution in [0.25, 0.3) is 6.08 Å². The molecule has 2 aromatic rings. The molecular weight excluding hydrogens is 368 g/mol. The molecule has 1 aliphatic rings. The Kier molecular flexibility index (Phi) is 5.80. The van der Waals surface area contributed by atoms with Crippen molar-refractivity contribution in [3.05, 3.63) is 64.6 Å². The van der Waals surface area contributed by atoms with Gasteiger partial charge in [-0.3, -0.25) is 9.59 Å². The first kappa shape index (κ1) is 18.3. The minimum absolute atomic E-state index is 0.0233. The van der Waals surface area contributed by atoms with E-state index in [1.165, 1.54) is 16.7 Å². The fourth-order valence-electron chi connectivity index (χ4n) is 2.31. The van der Waals surface area contributed by atoms with Crippen molar-refractivity contribution in [3.8, 4) is 0 Å². The summed E-state index contributed by atoms with van der Waals surface area (Å²) in [5, 5.41) is 12.0. The first-order valence-corrected chi connectivity index (χ1v) is 9.82. The fraction of sp³-hybridized carbons (Fsp3) is 0.105. The third kappa shape index (κ3) is 4.77. The van der Waals surface area contributed by atoms with Crippen molar-refractivity contribution in [2.75, 3.05) is 6.26 Å². The summed E-state index contributed by atoms with van der Waals surface area (Å²) in [6, 6.07) is 14.9. The highest BCUT2D eigenvalue weighted by atomic mass is 32.2.